The standard InChI is InChI=1S/C23H29N3O3S/c1-15-6-8-26(9-7-15)19(21-5-4-10-30-21)14-24-23(27)18-12-16-11-17(28-2)13-20(29-3)22(16)25-18/h4-5,10-13,15,19,25H,6-9,14H2,1-3H3,(H,24,27)/t19-/m0/s1. The van der Waals surface area contributed by atoms with Crippen molar-refractivity contribution in [1.29, 1.82) is 0 Å². The molecule has 2 N–H and O–H groups in total. The van der Waals surface area contributed by atoms with Crippen LogP contribution in [0.1, 0.15) is 41.2 Å². The van der Waals surface area contributed by atoms with Crippen molar-refractivity contribution >= 4 is 28.1 Å². The number of methoxy groups -OCH3 is 2. The first-order chi connectivity index (χ1) is 14.6. The number of hydrogen-bond acceptors (Lipinski definition) is 5. The molecule has 30 heavy (non-hydrogen) atoms. The van der Waals surface area contributed by atoms with Crippen LogP contribution in [0.2, 0.25) is 0 Å². The Balaban J connectivity index is 1.51. The third-order valence-corrected chi connectivity index (χ3v) is 6.93. The quantitative estimate of drug-likeness (QED) is 0.585. The lowest BCUT2D eigenvalue weighted by atomic mass is 9.97. The van der Waals surface area contributed by atoms with Crippen LogP contribution in [-0.4, -0.2) is 49.6 Å². The fraction of sp³-hybridized carbons (Fsp3) is 0.435. The number of aromatic nitrogens is 1. The Morgan fingerprint density at radius 3 is 2.73 bits per heavy atom. The van der Waals surface area contributed by atoms with Crippen LogP contribution in [0.25, 0.3) is 10.9 Å². The van der Waals surface area contributed by atoms with Crippen LogP contribution in [0, 0.1) is 5.92 Å². The maximum Gasteiger partial charge on any atom is 0.267 e. The minimum Gasteiger partial charge on any atom is -0.497 e. The molecule has 0 aliphatic carbocycles. The van der Waals surface area contributed by atoms with E-state index >= 15 is 0 Å². The number of fused-ring (bicyclic) bond motifs is 1. The SMILES string of the molecule is COc1cc(OC)c2[nH]c(C(=O)NC[C@@H](c3cccs3)N3CCC(C)CC3)cc2c1. The summed E-state index contributed by atoms with van der Waals surface area (Å²) in [5, 5.41) is 6.14. The average molecular weight is 428 g/mol. The monoisotopic (exact) mass is 427 g/mol. The van der Waals surface area contributed by atoms with Crippen molar-refractivity contribution in [3.8, 4) is 11.5 Å². The molecule has 160 valence electrons. The average Bonchev–Trinajstić information content (AvgIpc) is 3.44. The van der Waals surface area contributed by atoms with E-state index in [0.29, 0.717) is 23.7 Å². The largest absolute Gasteiger partial charge is 0.497 e. The second-order valence-corrected chi connectivity index (χ2v) is 8.92. The number of thiophene rings is 1. The number of carbonyl (C=O) groups excluding carboxylic acids is 1. The van der Waals surface area contributed by atoms with Crippen molar-refractivity contribution in [3.05, 3.63) is 46.3 Å². The highest BCUT2D eigenvalue weighted by Crippen LogP contribution is 2.32. The van der Waals surface area contributed by atoms with Crippen LogP contribution in [0.3, 0.4) is 0 Å². The van der Waals surface area contributed by atoms with E-state index in [1.54, 1.807) is 25.6 Å². The third-order valence-electron chi connectivity index (χ3n) is 5.95. The number of ether oxygens (including phenoxy) is 2. The van der Waals surface area contributed by atoms with Crippen molar-refractivity contribution in [3.63, 3.8) is 0 Å². The Morgan fingerprint density at radius 1 is 1.27 bits per heavy atom. The van der Waals surface area contributed by atoms with Crippen LogP contribution in [-0.2, 0) is 0 Å². The van der Waals surface area contributed by atoms with Gasteiger partial charge in [0.05, 0.1) is 25.8 Å². The van der Waals surface area contributed by atoms with Gasteiger partial charge in [0, 0.05) is 22.9 Å². The minimum atomic E-state index is -0.112. The van der Waals surface area contributed by atoms with Crippen LogP contribution >= 0.6 is 11.3 Å². The molecule has 7 heteroatoms. The molecule has 3 heterocycles. The number of nitrogens with zero attached hydrogens (tertiary/aromatic N) is 1. The Labute approximate surface area is 181 Å². The molecule has 1 amide bonds. The first-order valence-electron chi connectivity index (χ1n) is 10.4. The Kier molecular flexibility index (Phi) is 6.29. The van der Waals surface area contributed by atoms with Crippen LogP contribution < -0.4 is 14.8 Å². The number of nitrogens with one attached hydrogen (secondary N) is 2. The van der Waals surface area contributed by atoms with Gasteiger partial charge in [0.15, 0.2) is 0 Å². The molecule has 0 saturated carbocycles. The number of rotatable bonds is 7. The highest BCUT2D eigenvalue weighted by Gasteiger charge is 2.26. The number of amides is 1. The molecule has 1 aromatic carbocycles. The van der Waals surface area contributed by atoms with E-state index in [2.05, 4.69) is 39.6 Å². The van der Waals surface area contributed by atoms with Gasteiger partial charge in [0.25, 0.3) is 5.91 Å². The molecular formula is C23H29N3O3S. The molecule has 0 unspecified atom stereocenters. The lowest BCUT2D eigenvalue weighted by Crippen LogP contribution is -2.41. The molecule has 1 fully saturated rings. The fourth-order valence-corrected chi connectivity index (χ4v) is 4.96. The van der Waals surface area contributed by atoms with E-state index < -0.39 is 0 Å². The molecule has 2 aromatic heterocycles. The van der Waals surface area contributed by atoms with Gasteiger partial charge in [-0.15, -0.1) is 11.3 Å². The number of aromatic amines is 1. The highest BCUT2D eigenvalue weighted by molar-refractivity contribution is 7.10. The maximum atomic E-state index is 12.9. The number of piperidine rings is 1. The summed E-state index contributed by atoms with van der Waals surface area (Å²) in [6.45, 7) is 5.05. The smallest absolute Gasteiger partial charge is 0.267 e. The van der Waals surface area contributed by atoms with Gasteiger partial charge in [-0.25, -0.2) is 0 Å². The van der Waals surface area contributed by atoms with E-state index in [4.69, 9.17) is 9.47 Å². The predicted octanol–water partition coefficient (Wildman–Crippen LogP) is 4.45. The van der Waals surface area contributed by atoms with E-state index in [0.717, 1.165) is 29.9 Å². The zero-order valence-corrected chi connectivity index (χ0v) is 18.6. The summed E-state index contributed by atoms with van der Waals surface area (Å²) in [4.78, 5) is 20.0. The molecular weight excluding hydrogens is 398 g/mol. The fourth-order valence-electron chi connectivity index (χ4n) is 4.10. The zero-order chi connectivity index (χ0) is 21.1. The molecule has 1 aliphatic rings. The summed E-state index contributed by atoms with van der Waals surface area (Å²) >= 11 is 1.75. The van der Waals surface area contributed by atoms with Crippen LogP contribution in [0.15, 0.2) is 35.7 Å². The summed E-state index contributed by atoms with van der Waals surface area (Å²) in [5.41, 5.74) is 1.32. The van der Waals surface area contributed by atoms with Gasteiger partial charge < -0.3 is 19.8 Å². The second-order valence-electron chi connectivity index (χ2n) is 7.94. The first kappa shape index (κ1) is 20.8. The van der Waals surface area contributed by atoms with Gasteiger partial charge >= 0.3 is 0 Å². The van der Waals surface area contributed by atoms with E-state index in [1.165, 1.54) is 17.7 Å². The van der Waals surface area contributed by atoms with Crippen molar-refractivity contribution in [2.75, 3.05) is 33.9 Å². The zero-order valence-electron chi connectivity index (χ0n) is 17.7. The van der Waals surface area contributed by atoms with Crippen molar-refractivity contribution in [1.82, 2.24) is 15.2 Å². The molecule has 1 atom stereocenters. The summed E-state index contributed by atoms with van der Waals surface area (Å²) in [7, 11) is 3.23. The third kappa shape index (κ3) is 4.32. The molecule has 0 bridgehead atoms. The van der Waals surface area contributed by atoms with E-state index in [1.807, 2.05) is 18.2 Å². The summed E-state index contributed by atoms with van der Waals surface area (Å²) < 4.78 is 10.8. The van der Waals surface area contributed by atoms with Gasteiger partial charge in [-0.3, -0.25) is 9.69 Å². The summed E-state index contributed by atoms with van der Waals surface area (Å²) in [6, 6.07) is 10.0. The van der Waals surface area contributed by atoms with Gasteiger partial charge in [0.1, 0.15) is 17.2 Å². The lowest BCUT2D eigenvalue weighted by molar-refractivity contribution is 0.0911. The van der Waals surface area contributed by atoms with Gasteiger partial charge in [-0.1, -0.05) is 13.0 Å². The van der Waals surface area contributed by atoms with Gasteiger partial charge in [-0.05, 0) is 55.4 Å². The highest BCUT2D eigenvalue weighted by atomic mass is 32.1. The lowest BCUT2D eigenvalue weighted by Gasteiger charge is -2.36. The normalized spacial score (nSPS) is 16.5. The number of H-pyrrole nitrogens is 1. The first-order valence-corrected chi connectivity index (χ1v) is 11.3. The maximum absolute atomic E-state index is 12.9. The van der Waals surface area contributed by atoms with Crippen molar-refractivity contribution in [2.24, 2.45) is 5.92 Å². The van der Waals surface area contributed by atoms with Crippen molar-refractivity contribution < 1.29 is 14.3 Å². The minimum absolute atomic E-state index is 0.112. The molecule has 3 aromatic rings. The number of benzene rings is 1. The van der Waals surface area contributed by atoms with E-state index in [-0.39, 0.29) is 11.9 Å². The van der Waals surface area contributed by atoms with Crippen LogP contribution in [0.4, 0.5) is 0 Å². The number of hydrogen-bond donors (Lipinski definition) is 2. The number of likely N-dealkylation sites (tertiary alicyclic amines) is 1. The van der Waals surface area contributed by atoms with Crippen molar-refractivity contribution in [2.45, 2.75) is 25.8 Å². The van der Waals surface area contributed by atoms with Gasteiger partial charge in [0.2, 0.25) is 0 Å². The van der Waals surface area contributed by atoms with Gasteiger partial charge in [-0.2, -0.15) is 0 Å². The number of carbonyl (C=O) groups is 1. The Bertz CT molecular complexity index is 991. The predicted molar refractivity (Wildman–Crippen MR) is 121 cm³/mol. The second kappa shape index (κ2) is 9.10. The molecule has 1 aliphatic heterocycles. The van der Waals surface area contributed by atoms with Crippen LogP contribution in [0.5, 0.6) is 11.5 Å². The summed E-state index contributed by atoms with van der Waals surface area (Å²) in [6.07, 6.45) is 2.42. The van der Waals surface area contributed by atoms with E-state index in [9.17, 15) is 4.79 Å². The molecule has 0 spiro atoms. The topological polar surface area (TPSA) is 66.6 Å². The Morgan fingerprint density at radius 2 is 2.07 bits per heavy atom. The molecule has 1 saturated heterocycles. The molecule has 6 nitrogen and oxygen atoms in total. The molecule has 0 radical (unpaired) electrons. The molecule has 4 rings (SSSR count). The summed E-state index contributed by atoms with van der Waals surface area (Å²) in [5.74, 6) is 2.02. The Hall–Kier alpha value is -2.51.